The lowest BCUT2D eigenvalue weighted by Crippen LogP contribution is -2.32. The molecule has 1 aliphatic carbocycles. The van der Waals surface area contributed by atoms with Crippen molar-refractivity contribution in [1.82, 2.24) is 4.98 Å². The monoisotopic (exact) mass is 512 g/mol. The number of aromatic nitrogens is 1. The highest BCUT2D eigenvalue weighted by Crippen LogP contribution is 2.44. The van der Waals surface area contributed by atoms with Crippen molar-refractivity contribution >= 4 is 45.3 Å². The van der Waals surface area contributed by atoms with Crippen LogP contribution in [-0.4, -0.2) is 35.5 Å². The maximum Gasteiger partial charge on any atom is 0.341 e. The molecule has 3 aromatic rings. The molecule has 2 heterocycles. The lowest BCUT2D eigenvalue weighted by atomic mass is 9.72. The molecule has 0 spiro atoms. The Morgan fingerprint density at radius 3 is 2.69 bits per heavy atom. The number of rotatable bonds is 7. The Balaban J connectivity index is 1.55. The lowest BCUT2D eigenvalue weighted by Gasteiger charge is -2.33. The van der Waals surface area contributed by atoms with E-state index in [1.165, 1.54) is 17.7 Å². The van der Waals surface area contributed by atoms with Gasteiger partial charge in [-0.1, -0.05) is 27.7 Å². The molecule has 2 aromatic heterocycles. The summed E-state index contributed by atoms with van der Waals surface area (Å²) >= 11 is 1.42. The number of carbonyl (C=O) groups is 3. The fourth-order valence-corrected chi connectivity index (χ4v) is 5.85. The molecule has 4 rings (SSSR count). The van der Waals surface area contributed by atoms with E-state index in [1.54, 1.807) is 32.0 Å². The second kappa shape index (κ2) is 10.4. The zero-order chi connectivity index (χ0) is 26.0. The summed E-state index contributed by atoms with van der Waals surface area (Å²) in [7, 11) is 0. The number of carbonyl (C=O) groups excluding carboxylic acids is 3. The van der Waals surface area contributed by atoms with Crippen molar-refractivity contribution in [3.63, 3.8) is 0 Å². The molecule has 8 nitrogen and oxygen atoms in total. The molecule has 1 aliphatic rings. The fraction of sp³-hybridized carbons (Fsp3) is 0.481. The number of thiophene rings is 1. The van der Waals surface area contributed by atoms with E-state index in [0.717, 1.165) is 29.7 Å². The Morgan fingerprint density at radius 2 is 2.00 bits per heavy atom. The number of esters is 2. The van der Waals surface area contributed by atoms with E-state index in [0.29, 0.717) is 27.6 Å². The van der Waals surface area contributed by atoms with Crippen molar-refractivity contribution in [3.05, 3.63) is 46.2 Å². The van der Waals surface area contributed by atoms with Crippen molar-refractivity contribution in [2.24, 2.45) is 11.3 Å². The van der Waals surface area contributed by atoms with Gasteiger partial charge in [0.05, 0.1) is 17.7 Å². The molecule has 0 fully saturated rings. The highest BCUT2D eigenvalue weighted by atomic mass is 32.1. The topological polar surface area (TPSA) is 108 Å². The molecule has 2 unspecified atom stereocenters. The van der Waals surface area contributed by atoms with E-state index < -0.39 is 23.9 Å². The Labute approximate surface area is 214 Å². The largest absolute Gasteiger partial charge is 0.462 e. The van der Waals surface area contributed by atoms with Crippen LogP contribution in [0.2, 0.25) is 0 Å². The van der Waals surface area contributed by atoms with Gasteiger partial charge in [0.25, 0.3) is 5.91 Å². The molecular formula is C27H32N2O6S. The van der Waals surface area contributed by atoms with Crippen molar-refractivity contribution in [2.45, 2.75) is 66.4 Å². The first-order valence-corrected chi connectivity index (χ1v) is 13.1. The zero-order valence-corrected chi connectivity index (χ0v) is 22.1. The summed E-state index contributed by atoms with van der Waals surface area (Å²) in [5, 5.41) is 3.32. The number of oxazole rings is 1. The summed E-state index contributed by atoms with van der Waals surface area (Å²) in [6.45, 7) is 10.4. The van der Waals surface area contributed by atoms with Crippen molar-refractivity contribution in [1.29, 1.82) is 0 Å². The number of benzene rings is 1. The first kappa shape index (κ1) is 25.9. The number of ether oxygens (including phenoxy) is 2. The molecule has 192 valence electrons. The van der Waals surface area contributed by atoms with Crippen LogP contribution in [-0.2, 0) is 27.1 Å². The quantitative estimate of drug-likeness (QED) is 0.399. The summed E-state index contributed by atoms with van der Waals surface area (Å²) in [5.74, 6) is -1.07. The van der Waals surface area contributed by atoms with Gasteiger partial charge in [-0.2, -0.15) is 0 Å². The minimum absolute atomic E-state index is 0.145. The van der Waals surface area contributed by atoms with Gasteiger partial charge in [-0.05, 0) is 67.7 Å². The molecule has 0 aliphatic heterocycles. The molecule has 0 radical (unpaired) electrons. The summed E-state index contributed by atoms with van der Waals surface area (Å²) in [5.41, 5.74) is 2.88. The summed E-state index contributed by atoms with van der Waals surface area (Å²) < 4.78 is 16.1. The number of fused-ring (bicyclic) bond motifs is 2. The van der Waals surface area contributed by atoms with E-state index in [2.05, 4.69) is 31.1 Å². The predicted octanol–water partition coefficient (Wildman–Crippen LogP) is 5.79. The lowest BCUT2D eigenvalue weighted by molar-refractivity contribution is -0.124. The third-order valence-corrected chi connectivity index (χ3v) is 7.85. The molecule has 1 N–H and O–H groups in total. The Bertz CT molecular complexity index is 1290. The molecule has 0 bridgehead atoms. The van der Waals surface area contributed by atoms with E-state index >= 15 is 0 Å². The summed E-state index contributed by atoms with van der Waals surface area (Å²) in [6.07, 6.45) is 3.13. The van der Waals surface area contributed by atoms with E-state index in [4.69, 9.17) is 13.9 Å². The van der Waals surface area contributed by atoms with Crippen LogP contribution < -0.4 is 5.32 Å². The van der Waals surface area contributed by atoms with E-state index in [9.17, 15) is 14.4 Å². The van der Waals surface area contributed by atoms with E-state index in [-0.39, 0.29) is 24.0 Å². The summed E-state index contributed by atoms with van der Waals surface area (Å²) in [4.78, 5) is 44.0. The average Bonchev–Trinajstić information content (AvgIpc) is 3.44. The molecule has 0 saturated carbocycles. The van der Waals surface area contributed by atoms with Gasteiger partial charge in [0.15, 0.2) is 18.1 Å². The van der Waals surface area contributed by atoms with Gasteiger partial charge in [0.1, 0.15) is 10.5 Å². The third kappa shape index (κ3) is 5.31. The molecule has 0 saturated heterocycles. The molecular weight excluding hydrogens is 480 g/mol. The van der Waals surface area contributed by atoms with Crippen LogP contribution in [0.15, 0.2) is 29.0 Å². The number of hydrogen-bond acceptors (Lipinski definition) is 8. The van der Waals surface area contributed by atoms with Crippen molar-refractivity contribution in [2.75, 3.05) is 11.9 Å². The number of nitrogens with zero attached hydrogens (tertiary/aromatic N) is 1. The zero-order valence-electron chi connectivity index (χ0n) is 21.3. The van der Waals surface area contributed by atoms with Gasteiger partial charge >= 0.3 is 11.9 Å². The molecule has 1 aromatic carbocycles. The first-order chi connectivity index (χ1) is 17.1. The minimum Gasteiger partial charge on any atom is -0.462 e. The fourth-order valence-electron chi connectivity index (χ4n) is 4.53. The SMILES string of the molecule is CCOC(=O)c1c(NC(=O)C(CC)OC(=O)c2ccc3ocnc3c2)sc2c1CCC(C(C)(C)C)C2. The number of amides is 1. The molecule has 9 heteroatoms. The highest BCUT2D eigenvalue weighted by Gasteiger charge is 2.35. The normalized spacial score (nSPS) is 16.3. The van der Waals surface area contributed by atoms with Crippen LogP contribution in [0.25, 0.3) is 11.1 Å². The van der Waals surface area contributed by atoms with Gasteiger partial charge in [-0.15, -0.1) is 11.3 Å². The summed E-state index contributed by atoms with van der Waals surface area (Å²) in [6, 6.07) is 4.76. The standard InChI is InChI=1S/C27H32N2O6S/c1-6-19(35-25(31)15-8-11-20-18(12-15)28-14-34-20)23(30)29-24-22(26(32)33-7-2)17-10-9-16(27(3,4)5)13-21(17)36-24/h8,11-12,14,16,19H,6-7,9-10,13H2,1-5H3,(H,29,30). The van der Waals surface area contributed by atoms with Crippen molar-refractivity contribution in [3.8, 4) is 0 Å². The van der Waals surface area contributed by atoms with Gasteiger partial charge < -0.3 is 19.2 Å². The number of hydrogen-bond donors (Lipinski definition) is 1. The molecule has 1 amide bonds. The van der Waals surface area contributed by atoms with Gasteiger partial charge in [0.2, 0.25) is 0 Å². The first-order valence-electron chi connectivity index (χ1n) is 12.3. The second-order valence-corrected chi connectivity index (χ2v) is 11.2. The Hall–Kier alpha value is -3.20. The average molecular weight is 513 g/mol. The maximum atomic E-state index is 13.2. The van der Waals surface area contributed by atoms with Crippen LogP contribution in [0, 0.1) is 11.3 Å². The molecule has 2 atom stereocenters. The predicted molar refractivity (Wildman–Crippen MR) is 137 cm³/mol. The van der Waals surface area contributed by atoms with Crippen LogP contribution in [0.3, 0.4) is 0 Å². The molecule has 36 heavy (non-hydrogen) atoms. The van der Waals surface area contributed by atoms with Crippen LogP contribution in [0.1, 0.15) is 78.6 Å². The number of anilines is 1. The van der Waals surface area contributed by atoms with Crippen LogP contribution in [0.4, 0.5) is 5.00 Å². The maximum absolute atomic E-state index is 13.2. The third-order valence-electron chi connectivity index (χ3n) is 6.68. The van der Waals surface area contributed by atoms with Gasteiger partial charge in [-0.3, -0.25) is 4.79 Å². The van der Waals surface area contributed by atoms with E-state index in [1.807, 2.05) is 0 Å². The number of nitrogens with one attached hydrogen (secondary N) is 1. The Morgan fingerprint density at radius 1 is 1.22 bits per heavy atom. The van der Waals surface area contributed by atoms with Crippen LogP contribution >= 0.6 is 11.3 Å². The Kier molecular flexibility index (Phi) is 7.49. The van der Waals surface area contributed by atoms with Gasteiger partial charge in [0, 0.05) is 4.88 Å². The van der Waals surface area contributed by atoms with Crippen molar-refractivity contribution < 1.29 is 28.3 Å². The smallest absolute Gasteiger partial charge is 0.341 e. The second-order valence-electron chi connectivity index (χ2n) is 10.1. The van der Waals surface area contributed by atoms with Gasteiger partial charge in [-0.25, -0.2) is 14.6 Å². The van der Waals surface area contributed by atoms with Crippen LogP contribution in [0.5, 0.6) is 0 Å². The highest BCUT2D eigenvalue weighted by molar-refractivity contribution is 7.17. The minimum atomic E-state index is -1.03.